The molecule has 0 radical (unpaired) electrons. The molecule has 0 aliphatic rings. The van der Waals surface area contributed by atoms with E-state index in [1.54, 1.807) is 43.9 Å². The number of anilines is 1. The third-order valence-corrected chi connectivity index (χ3v) is 4.20. The van der Waals surface area contributed by atoms with E-state index in [1.165, 1.54) is 6.34 Å². The van der Waals surface area contributed by atoms with Crippen molar-refractivity contribution in [1.82, 2.24) is 15.3 Å². The fraction of sp³-hybridized carbons (Fsp3) is 0.150. The van der Waals surface area contributed by atoms with Crippen LogP contribution >= 0.6 is 11.6 Å². The topological polar surface area (TPSA) is 91.4 Å². The van der Waals surface area contributed by atoms with Crippen LogP contribution < -0.4 is 15.4 Å². The van der Waals surface area contributed by atoms with Crippen molar-refractivity contribution in [3.63, 3.8) is 0 Å². The van der Waals surface area contributed by atoms with Gasteiger partial charge in [0.15, 0.2) is 0 Å². The summed E-state index contributed by atoms with van der Waals surface area (Å²) in [7, 11) is 1.60. The molecule has 0 spiro atoms. The molecule has 0 saturated carbocycles. The highest BCUT2D eigenvalue weighted by Crippen LogP contribution is 2.34. The van der Waals surface area contributed by atoms with Crippen molar-refractivity contribution in [3.8, 4) is 5.75 Å². The van der Waals surface area contributed by atoms with E-state index in [2.05, 4.69) is 25.6 Å². The van der Waals surface area contributed by atoms with Gasteiger partial charge < -0.3 is 20.4 Å². The van der Waals surface area contributed by atoms with Crippen molar-refractivity contribution in [2.75, 3.05) is 19.0 Å². The maximum Gasteiger partial charge on any atom is 0.256 e. The smallest absolute Gasteiger partial charge is 0.256 e. The van der Waals surface area contributed by atoms with Gasteiger partial charge in [0.2, 0.25) is 0 Å². The number of amides is 1. The zero-order valence-corrected chi connectivity index (χ0v) is 16.0. The number of methoxy groups -OCH3 is 1. The minimum absolute atomic E-state index is 0.289. The molecule has 0 saturated heterocycles. The lowest BCUT2D eigenvalue weighted by Crippen LogP contribution is -2.21. The van der Waals surface area contributed by atoms with Crippen LogP contribution in [-0.4, -0.2) is 35.9 Å². The minimum Gasteiger partial charge on any atom is -0.495 e. The summed E-state index contributed by atoms with van der Waals surface area (Å²) >= 11 is 5.92. The number of carbonyl (C=O) groups is 1. The second-order valence-corrected chi connectivity index (χ2v) is 6.29. The van der Waals surface area contributed by atoms with E-state index in [0.29, 0.717) is 28.6 Å². The maximum absolute atomic E-state index is 12.2. The molecule has 0 aliphatic heterocycles. The second-order valence-electron chi connectivity index (χ2n) is 5.85. The lowest BCUT2D eigenvalue weighted by molar-refractivity contribution is 0.0978. The lowest BCUT2D eigenvalue weighted by atomic mass is 10.2. The summed E-state index contributed by atoms with van der Waals surface area (Å²) in [6, 6.07) is 12.2. The number of aromatic nitrogens is 2. The maximum atomic E-state index is 12.2. The van der Waals surface area contributed by atoms with Crippen molar-refractivity contribution in [2.45, 2.75) is 6.42 Å². The van der Waals surface area contributed by atoms with E-state index in [4.69, 9.17) is 16.3 Å². The number of hydrogen-bond donors (Lipinski definition) is 3. The molecule has 28 heavy (non-hydrogen) atoms. The van der Waals surface area contributed by atoms with Gasteiger partial charge in [-0.3, -0.25) is 4.79 Å². The van der Waals surface area contributed by atoms with Crippen molar-refractivity contribution in [1.29, 1.82) is 0 Å². The van der Waals surface area contributed by atoms with Crippen LogP contribution in [0.4, 0.5) is 11.4 Å². The molecule has 0 aliphatic carbocycles. The predicted molar refractivity (Wildman–Crippen MR) is 111 cm³/mol. The molecular weight excluding hydrogens is 378 g/mol. The second kappa shape index (κ2) is 9.57. The van der Waals surface area contributed by atoms with Gasteiger partial charge in [0.1, 0.15) is 11.4 Å². The number of imidazole rings is 1. The van der Waals surface area contributed by atoms with Gasteiger partial charge in [0.25, 0.3) is 5.91 Å². The van der Waals surface area contributed by atoms with Crippen LogP contribution in [0.3, 0.4) is 0 Å². The number of nitrogens with one attached hydrogen (secondary N) is 3. The first kappa shape index (κ1) is 19.4. The summed E-state index contributed by atoms with van der Waals surface area (Å²) in [5.41, 5.74) is 2.89. The average molecular weight is 398 g/mol. The number of rotatable bonds is 8. The number of para-hydroxylation sites is 1. The molecule has 0 unspecified atom stereocenters. The Hall–Kier alpha value is -3.32. The van der Waals surface area contributed by atoms with Gasteiger partial charge in [-0.05, 0) is 30.3 Å². The van der Waals surface area contributed by atoms with E-state index in [1.807, 2.05) is 18.2 Å². The van der Waals surface area contributed by atoms with Crippen LogP contribution in [0.25, 0.3) is 0 Å². The fourth-order valence-corrected chi connectivity index (χ4v) is 2.78. The quantitative estimate of drug-likeness (QED) is 0.398. The lowest BCUT2D eigenvalue weighted by Gasteiger charge is -2.13. The van der Waals surface area contributed by atoms with Crippen LogP contribution in [0.5, 0.6) is 5.75 Å². The molecule has 2 aromatic carbocycles. The normalized spacial score (nSPS) is 10.8. The SMILES string of the molecule is COc1cccc(N=CNC(=O)c2cccc(Cl)c2)c1NCCc1cnc[nH]1. The fourth-order valence-electron chi connectivity index (χ4n) is 2.59. The first-order chi connectivity index (χ1) is 13.7. The predicted octanol–water partition coefficient (Wildman–Crippen LogP) is 3.82. The first-order valence-electron chi connectivity index (χ1n) is 8.64. The van der Waals surface area contributed by atoms with Gasteiger partial charge in [-0.25, -0.2) is 9.98 Å². The highest BCUT2D eigenvalue weighted by atomic mass is 35.5. The number of hydrogen-bond acceptors (Lipinski definition) is 5. The highest BCUT2D eigenvalue weighted by molar-refractivity contribution is 6.31. The van der Waals surface area contributed by atoms with Gasteiger partial charge in [-0.2, -0.15) is 0 Å². The Labute approximate surface area is 167 Å². The van der Waals surface area contributed by atoms with Crippen molar-refractivity contribution < 1.29 is 9.53 Å². The Kier molecular flexibility index (Phi) is 6.64. The van der Waals surface area contributed by atoms with E-state index in [-0.39, 0.29) is 5.91 Å². The number of nitrogens with zero attached hydrogens (tertiary/aromatic N) is 2. The molecule has 3 rings (SSSR count). The largest absolute Gasteiger partial charge is 0.495 e. The standard InChI is InChI=1S/C20H20ClN5O2/c1-28-18-7-3-6-17(19(18)23-9-8-16-11-22-12-24-16)25-13-26-20(27)14-4-2-5-15(21)10-14/h2-7,10-13,23H,8-9H2,1H3,(H,22,24)(H,25,26,27). The van der Waals surface area contributed by atoms with Gasteiger partial charge in [-0.1, -0.05) is 23.7 Å². The number of aromatic amines is 1. The number of halogens is 1. The van der Waals surface area contributed by atoms with Crippen LogP contribution in [0.2, 0.25) is 5.02 Å². The molecule has 7 nitrogen and oxygen atoms in total. The Morgan fingerprint density at radius 3 is 2.93 bits per heavy atom. The third-order valence-electron chi connectivity index (χ3n) is 3.96. The number of aliphatic imine (C=N–C) groups is 1. The molecule has 1 heterocycles. The molecule has 3 N–H and O–H groups in total. The number of carbonyl (C=O) groups excluding carboxylic acids is 1. The number of H-pyrrole nitrogens is 1. The molecule has 8 heteroatoms. The summed E-state index contributed by atoms with van der Waals surface area (Å²) < 4.78 is 5.43. The summed E-state index contributed by atoms with van der Waals surface area (Å²) in [5.74, 6) is 0.378. The van der Waals surface area contributed by atoms with Crippen molar-refractivity contribution in [2.24, 2.45) is 4.99 Å². The van der Waals surface area contributed by atoms with Crippen LogP contribution in [0.15, 0.2) is 60.0 Å². The Morgan fingerprint density at radius 1 is 1.32 bits per heavy atom. The molecule has 0 fully saturated rings. The molecule has 3 aromatic rings. The average Bonchev–Trinajstić information content (AvgIpc) is 3.22. The monoisotopic (exact) mass is 397 g/mol. The van der Waals surface area contributed by atoms with E-state index in [0.717, 1.165) is 17.8 Å². The van der Waals surface area contributed by atoms with Crippen molar-refractivity contribution in [3.05, 3.63) is 71.3 Å². The molecular formula is C20H20ClN5O2. The van der Waals surface area contributed by atoms with Crippen LogP contribution in [0.1, 0.15) is 16.1 Å². The molecule has 1 aromatic heterocycles. The molecule has 0 bridgehead atoms. The third kappa shape index (κ3) is 5.11. The molecule has 0 atom stereocenters. The van der Waals surface area contributed by atoms with Gasteiger partial charge >= 0.3 is 0 Å². The highest BCUT2D eigenvalue weighted by Gasteiger charge is 2.09. The van der Waals surface area contributed by atoms with E-state index in [9.17, 15) is 4.79 Å². The zero-order chi connectivity index (χ0) is 19.8. The summed E-state index contributed by atoms with van der Waals surface area (Å²) in [6.07, 6.45) is 5.57. The van der Waals surface area contributed by atoms with Gasteiger partial charge in [0.05, 0.1) is 25.5 Å². The van der Waals surface area contributed by atoms with E-state index < -0.39 is 0 Å². The molecule has 144 valence electrons. The van der Waals surface area contributed by atoms with Gasteiger partial charge in [-0.15, -0.1) is 0 Å². The Bertz CT molecular complexity index is 957. The van der Waals surface area contributed by atoms with Crippen molar-refractivity contribution >= 4 is 35.2 Å². The Morgan fingerprint density at radius 2 is 2.18 bits per heavy atom. The summed E-state index contributed by atoms with van der Waals surface area (Å²) in [4.78, 5) is 23.6. The van der Waals surface area contributed by atoms with Crippen LogP contribution in [-0.2, 0) is 6.42 Å². The first-order valence-corrected chi connectivity index (χ1v) is 9.02. The van der Waals surface area contributed by atoms with Crippen LogP contribution in [0, 0.1) is 0 Å². The minimum atomic E-state index is -0.289. The number of ether oxygens (including phenoxy) is 1. The number of benzene rings is 2. The van der Waals surface area contributed by atoms with E-state index >= 15 is 0 Å². The molecule has 1 amide bonds. The summed E-state index contributed by atoms with van der Waals surface area (Å²) in [6.45, 7) is 0.667. The van der Waals surface area contributed by atoms with Gasteiger partial charge in [0, 0.05) is 35.4 Å². The Balaban J connectivity index is 1.68. The summed E-state index contributed by atoms with van der Waals surface area (Å²) in [5, 5.41) is 6.48. The zero-order valence-electron chi connectivity index (χ0n) is 15.3.